The van der Waals surface area contributed by atoms with E-state index in [0.717, 1.165) is 0 Å². The lowest BCUT2D eigenvalue weighted by Gasteiger charge is -2.01. The number of rotatable bonds is 4. The molecule has 0 fully saturated rings. The summed E-state index contributed by atoms with van der Waals surface area (Å²) >= 11 is 0. The molecule has 0 heterocycles. The molecule has 0 radical (unpaired) electrons. The molecule has 5 heteroatoms. The van der Waals surface area contributed by atoms with Crippen LogP contribution in [0.3, 0.4) is 0 Å². The molecular weight excluding hydrogens is 194 g/mol. The zero-order valence-electron chi connectivity index (χ0n) is 8.99. The van der Waals surface area contributed by atoms with Gasteiger partial charge < -0.3 is 10.5 Å². The molecule has 0 rings (SSSR count). The number of allylic oxidation sites excluding steroid dienone is 1. The second kappa shape index (κ2) is 6.53. The van der Waals surface area contributed by atoms with Crippen molar-refractivity contribution in [1.82, 2.24) is 0 Å². The van der Waals surface area contributed by atoms with E-state index in [4.69, 9.17) is 5.73 Å². The fourth-order valence-electron chi connectivity index (χ4n) is 0.721. The third-order valence-electron chi connectivity index (χ3n) is 1.26. The summed E-state index contributed by atoms with van der Waals surface area (Å²) in [5, 5.41) is 0. The van der Waals surface area contributed by atoms with Gasteiger partial charge in [0.05, 0.1) is 6.61 Å². The van der Waals surface area contributed by atoms with Crippen LogP contribution in [0.5, 0.6) is 0 Å². The van der Waals surface area contributed by atoms with Gasteiger partial charge in [-0.3, -0.25) is 0 Å². The van der Waals surface area contributed by atoms with Crippen LogP contribution in [-0.4, -0.2) is 25.1 Å². The Bertz CT molecular complexity index is 330. The van der Waals surface area contributed by atoms with Gasteiger partial charge in [0.2, 0.25) is 0 Å². The monoisotopic (exact) mass is 209 g/mol. The van der Waals surface area contributed by atoms with Crippen LogP contribution in [0, 0.1) is 0 Å². The Balaban J connectivity index is 4.77. The minimum absolute atomic E-state index is 0.0655. The Hall–Kier alpha value is -1.91. The van der Waals surface area contributed by atoms with Gasteiger partial charge in [-0.05, 0) is 20.6 Å². The molecule has 0 aliphatic heterocycles. The molecule has 15 heavy (non-hydrogen) atoms. The highest BCUT2D eigenvalue weighted by atomic mass is 16.5. The van der Waals surface area contributed by atoms with Crippen molar-refractivity contribution in [2.75, 3.05) is 6.61 Å². The Kier molecular flexibility index (Phi) is 5.70. The number of esters is 1. The van der Waals surface area contributed by atoms with Crippen molar-refractivity contribution in [2.24, 2.45) is 15.7 Å². The number of nitrogens with zero attached hydrogens (tertiary/aromatic N) is 2. The molecule has 0 bridgehead atoms. The number of amidine groups is 1. The number of nitrogens with two attached hydrogens (primary N) is 1. The van der Waals surface area contributed by atoms with Crippen molar-refractivity contribution >= 4 is 18.5 Å². The number of ether oxygens (including phenoxy) is 1. The number of hydrogen-bond donors (Lipinski definition) is 1. The number of carbonyl (C=O) groups excluding carboxylic acids is 1. The first-order valence-electron chi connectivity index (χ1n) is 4.36. The second-order valence-electron chi connectivity index (χ2n) is 2.68. The maximum absolute atomic E-state index is 11.1. The molecule has 0 saturated carbocycles. The maximum atomic E-state index is 11.1. The quantitative estimate of drug-likeness (QED) is 0.325. The topological polar surface area (TPSA) is 77.0 Å². The molecule has 5 nitrogen and oxygen atoms in total. The molecule has 0 atom stereocenters. The zero-order chi connectivity index (χ0) is 11.8. The van der Waals surface area contributed by atoms with E-state index in [1.54, 1.807) is 13.8 Å². The van der Waals surface area contributed by atoms with E-state index in [1.807, 2.05) is 0 Å². The van der Waals surface area contributed by atoms with Crippen LogP contribution < -0.4 is 5.73 Å². The first-order chi connectivity index (χ1) is 7.01. The van der Waals surface area contributed by atoms with Crippen LogP contribution in [0.4, 0.5) is 0 Å². The van der Waals surface area contributed by atoms with Crippen molar-refractivity contribution in [3.05, 3.63) is 24.0 Å². The molecule has 0 unspecified atom stereocenters. The minimum Gasteiger partial charge on any atom is -0.461 e. The summed E-state index contributed by atoms with van der Waals surface area (Å²) in [5.41, 5.74) is 5.92. The summed E-state index contributed by atoms with van der Waals surface area (Å²) in [6, 6.07) is 0. The summed E-state index contributed by atoms with van der Waals surface area (Å²) in [6.45, 7) is 10.5. The fraction of sp³-hybridized carbons (Fsp3) is 0.300. The number of hydrogen-bond acceptors (Lipinski definition) is 4. The Morgan fingerprint density at radius 1 is 1.60 bits per heavy atom. The van der Waals surface area contributed by atoms with Gasteiger partial charge >= 0.3 is 5.97 Å². The van der Waals surface area contributed by atoms with Crippen LogP contribution in [-0.2, 0) is 9.53 Å². The summed E-state index contributed by atoms with van der Waals surface area (Å²) in [6.07, 6.45) is 1.29. The van der Waals surface area contributed by atoms with Crippen molar-refractivity contribution in [3.63, 3.8) is 0 Å². The lowest BCUT2D eigenvalue weighted by molar-refractivity contribution is -0.138. The van der Waals surface area contributed by atoms with Crippen LogP contribution in [0.15, 0.2) is 34.0 Å². The normalized spacial score (nSPS) is 12.1. The average Bonchev–Trinajstić information content (AvgIpc) is 2.16. The summed E-state index contributed by atoms with van der Waals surface area (Å²) in [4.78, 5) is 18.6. The average molecular weight is 209 g/mol. The van der Waals surface area contributed by atoms with Crippen molar-refractivity contribution < 1.29 is 9.53 Å². The third kappa shape index (κ3) is 5.41. The molecule has 2 N–H and O–H groups in total. The Labute approximate surface area is 89.1 Å². The molecule has 0 aliphatic carbocycles. The zero-order valence-corrected chi connectivity index (χ0v) is 8.99. The van der Waals surface area contributed by atoms with E-state index < -0.39 is 5.97 Å². The first kappa shape index (κ1) is 13.1. The smallest absolute Gasteiger partial charge is 0.354 e. The van der Waals surface area contributed by atoms with Crippen LogP contribution in [0.1, 0.15) is 13.8 Å². The largest absolute Gasteiger partial charge is 0.461 e. The van der Waals surface area contributed by atoms with Crippen LogP contribution in [0.2, 0.25) is 0 Å². The maximum Gasteiger partial charge on any atom is 0.354 e. The van der Waals surface area contributed by atoms with Gasteiger partial charge in [-0.2, -0.15) is 0 Å². The minimum atomic E-state index is -0.601. The lowest BCUT2D eigenvalue weighted by atomic mass is 10.4. The van der Waals surface area contributed by atoms with E-state index >= 15 is 0 Å². The molecule has 0 amide bonds. The van der Waals surface area contributed by atoms with Gasteiger partial charge in [-0.25, -0.2) is 14.8 Å². The summed E-state index contributed by atoms with van der Waals surface area (Å²) < 4.78 is 4.68. The van der Waals surface area contributed by atoms with E-state index in [-0.39, 0.29) is 18.1 Å². The molecular formula is C10H15N3O2. The van der Waals surface area contributed by atoms with Gasteiger partial charge in [0.15, 0.2) is 5.84 Å². The predicted octanol–water partition coefficient (Wildman–Crippen LogP) is 1.02. The highest BCUT2D eigenvalue weighted by Gasteiger charge is 2.06. The van der Waals surface area contributed by atoms with Gasteiger partial charge in [-0.15, -0.1) is 0 Å². The summed E-state index contributed by atoms with van der Waals surface area (Å²) in [7, 11) is 0. The van der Waals surface area contributed by atoms with Crippen LogP contribution >= 0.6 is 0 Å². The Morgan fingerprint density at radius 2 is 2.20 bits per heavy atom. The molecule has 0 saturated heterocycles. The van der Waals surface area contributed by atoms with E-state index in [1.165, 1.54) is 6.08 Å². The highest BCUT2D eigenvalue weighted by Crippen LogP contribution is 1.97. The molecule has 0 aliphatic rings. The lowest BCUT2D eigenvalue weighted by Crippen LogP contribution is -2.16. The molecule has 82 valence electrons. The standard InChI is InChI=1S/C10H15N3O2/c1-5-15-10(14)8(11)6-9(12-4)13-7(2)3/h6H,2,4-5,11H2,1,3H3/b8-6-,13-9?. The SMILES string of the molecule is C=NC(/C=C(\N)C(=O)OCC)=NC(=C)C. The van der Waals surface area contributed by atoms with Crippen molar-refractivity contribution in [1.29, 1.82) is 0 Å². The fourth-order valence-corrected chi connectivity index (χ4v) is 0.721. The van der Waals surface area contributed by atoms with E-state index in [0.29, 0.717) is 5.70 Å². The summed E-state index contributed by atoms with van der Waals surface area (Å²) in [5.74, 6) is -0.372. The van der Waals surface area contributed by atoms with Crippen molar-refractivity contribution in [3.8, 4) is 0 Å². The molecule has 0 spiro atoms. The van der Waals surface area contributed by atoms with Gasteiger partial charge in [0.1, 0.15) is 5.70 Å². The van der Waals surface area contributed by atoms with Crippen LogP contribution in [0.25, 0.3) is 0 Å². The van der Waals surface area contributed by atoms with Crippen molar-refractivity contribution in [2.45, 2.75) is 13.8 Å². The van der Waals surface area contributed by atoms with E-state index in [2.05, 4.69) is 28.0 Å². The van der Waals surface area contributed by atoms with Gasteiger partial charge in [0, 0.05) is 11.8 Å². The third-order valence-corrected chi connectivity index (χ3v) is 1.26. The molecule has 0 aromatic carbocycles. The molecule has 0 aromatic rings. The predicted molar refractivity (Wildman–Crippen MR) is 60.7 cm³/mol. The van der Waals surface area contributed by atoms with Gasteiger partial charge in [-0.1, -0.05) is 6.58 Å². The number of aliphatic imine (C=N–C) groups is 2. The Morgan fingerprint density at radius 3 is 2.60 bits per heavy atom. The molecule has 0 aromatic heterocycles. The van der Waals surface area contributed by atoms with Gasteiger partial charge in [0.25, 0.3) is 0 Å². The number of carbonyl (C=O) groups is 1. The highest BCUT2D eigenvalue weighted by molar-refractivity contribution is 6.02. The first-order valence-corrected chi connectivity index (χ1v) is 4.36. The van der Waals surface area contributed by atoms with E-state index in [9.17, 15) is 4.79 Å². The second-order valence-corrected chi connectivity index (χ2v) is 2.68.